The van der Waals surface area contributed by atoms with E-state index in [1.165, 1.54) is 74.6 Å². The number of nitrogens with zero attached hydrogens (tertiary/aromatic N) is 3. The Morgan fingerprint density at radius 1 is 0.804 bits per heavy atom. The number of nitrogens with one attached hydrogen (secondary N) is 2. The van der Waals surface area contributed by atoms with Gasteiger partial charge in [0.05, 0.1) is 22.4 Å². The number of rotatable bonds is 17. The second-order valence-electron chi connectivity index (χ2n) is 12.0. The van der Waals surface area contributed by atoms with Crippen molar-refractivity contribution in [1.82, 2.24) is 9.78 Å². The average Bonchev–Trinajstić information content (AvgIpc) is 3.30. The number of carbonyl (C=O) groups excluding carboxylic acids is 1. The van der Waals surface area contributed by atoms with Crippen LogP contribution in [-0.2, 0) is 4.79 Å². The molecule has 2 aromatic carbocycles. The molecule has 4 rings (SSSR count). The highest BCUT2D eigenvalue weighted by atomic mass is 35.5. The lowest BCUT2D eigenvalue weighted by atomic mass is 10.1. The third kappa shape index (κ3) is 10.1. The lowest BCUT2D eigenvalue weighted by molar-refractivity contribution is -0.596. The van der Waals surface area contributed by atoms with E-state index in [4.69, 9.17) is 34.8 Å². The van der Waals surface area contributed by atoms with Gasteiger partial charge < -0.3 is 15.2 Å². The maximum atomic E-state index is 13.8. The molecule has 46 heavy (non-hydrogen) atoms. The van der Waals surface area contributed by atoms with Crippen LogP contribution in [0.5, 0.6) is 0 Å². The van der Waals surface area contributed by atoms with Gasteiger partial charge in [-0.15, -0.1) is 0 Å². The van der Waals surface area contributed by atoms with E-state index >= 15 is 0 Å². The van der Waals surface area contributed by atoms with Gasteiger partial charge in [-0.2, -0.15) is 9.78 Å². The van der Waals surface area contributed by atoms with Crippen LogP contribution in [0.4, 0.5) is 17.2 Å². The number of halogens is 3. The van der Waals surface area contributed by atoms with E-state index in [2.05, 4.69) is 22.7 Å². The molecule has 2 N–H and O–H groups in total. The second-order valence-corrected chi connectivity index (χ2v) is 13.2. The standard InChI is InChI=1S/C36H44Cl3N5O2/c1-4-5-6-7-8-9-10-11-12-13-14-15-32(45)40-28-16-18-29(19-17-28)41-35-34(43-23-25(2)20-26(3)24-43)36(46)44(42-35)33-30(38)21-27(37)22-31(33)39/h16-24H,4-15H2,1-3H3,(H,40,45)(H,41,42). The van der Waals surface area contributed by atoms with Crippen LogP contribution >= 0.6 is 34.8 Å². The molecule has 7 nitrogen and oxygen atoms in total. The Bertz CT molecular complexity index is 1620. The number of hydrogen-bond acceptors (Lipinski definition) is 4. The van der Waals surface area contributed by atoms with E-state index in [-0.39, 0.29) is 21.6 Å². The summed E-state index contributed by atoms with van der Waals surface area (Å²) in [6.45, 7) is 6.17. The molecule has 0 fully saturated rings. The highest BCUT2D eigenvalue weighted by molar-refractivity contribution is 6.40. The first-order valence-electron chi connectivity index (χ1n) is 16.3. The fraction of sp³-hybridized carbons (Fsp3) is 0.417. The van der Waals surface area contributed by atoms with Crippen molar-refractivity contribution in [2.24, 2.45) is 0 Å². The Balaban J connectivity index is 1.39. The van der Waals surface area contributed by atoms with Crippen LogP contribution in [0, 0.1) is 13.8 Å². The van der Waals surface area contributed by atoms with Gasteiger partial charge in [-0.25, -0.2) is 0 Å². The van der Waals surface area contributed by atoms with E-state index in [1.54, 1.807) is 4.57 Å². The van der Waals surface area contributed by atoms with Crippen molar-refractivity contribution < 1.29 is 9.36 Å². The molecule has 0 saturated carbocycles. The topological polar surface area (TPSA) is 79.9 Å². The summed E-state index contributed by atoms with van der Waals surface area (Å²) in [4.78, 5) is 26.4. The van der Waals surface area contributed by atoms with Gasteiger partial charge in [0.15, 0.2) is 5.82 Å². The minimum Gasteiger partial charge on any atom is -0.344 e. The molecule has 1 amide bonds. The zero-order valence-corrected chi connectivity index (χ0v) is 29.2. The molecule has 0 aliphatic rings. The number of aryl methyl sites for hydroxylation is 2. The fourth-order valence-electron chi connectivity index (χ4n) is 5.59. The number of aromatic nitrogens is 3. The van der Waals surface area contributed by atoms with E-state index in [0.717, 1.165) is 24.0 Å². The molecule has 10 heteroatoms. The van der Waals surface area contributed by atoms with Gasteiger partial charge in [0.2, 0.25) is 11.6 Å². The zero-order valence-electron chi connectivity index (χ0n) is 27.0. The molecular weight excluding hydrogens is 641 g/mol. The minimum absolute atomic E-state index is 0.0107. The monoisotopic (exact) mass is 683 g/mol. The molecule has 0 bridgehead atoms. The Kier molecular flexibility index (Phi) is 13.6. The van der Waals surface area contributed by atoms with Crippen molar-refractivity contribution in [2.75, 3.05) is 10.6 Å². The van der Waals surface area contributed by atoms with E-state index < -0.39 is 5.56 Å². The summed E-state index contributed by atoms with van der Waals surface area (Å²) >= 11 is 19.1. The Morgan fingerprint density at radius 2 is 1.33 bits per heavy atom. The molecular formula is C36H44Cl3N5O2. The molecule has 0 spiro atoms. The number of unbranched alkanes of at least 4 members (excludes halogenated alkanes) is 10. The first kappa shape index (κ1) is 35.6. The van der Waals surface area contributed by atoms with Gasteiger partial charge in [0.25, 0.3) is 5.56 Å². The third-order valence-electron chi connectivity index (χ3n) is 7.85. The van der Waals surface area contributed by atoms with Gasteiger partial charge in [0.1, 0.15) is 5.69 Å². The average molecular weight is 685 g/mol. The summed E-state index contributed by atoms with van der Waals surface area (Å²) in [5, 5.41) is 11.6. The minimum atomic E-state index is -0.407. The van der Waals surface area contributed by atoms with Gasteiger partial charge in [-0.1, -0.05) is 112 Å². The van der Waals surface area contributed by atoms with Gasteiger partial charge in [-0.05, 0) is 67.8 Å². The number of anilines is 3. The Morgan fingerprint density at radius 3 is 1.89 bits per heavy atom. The van der Waals surface area contributed by atoms with Crippen LogP contribution in [0.25, 0.3) is 11.4 Å². The smallest absolute Gasteiger partial charge is 0.290 e. The van der Waals surface area contributed by atoms with Crippen LogP contribution in [0.3, 0.4) is 0 Å². The molecule has 4 aromatic rings. The number of pyridine rings is 1. The summed E-state index contributed by atoms with van der Waals surface area (Å²) in [6, 6.07) is 12.4. The van der Waals surface area contributed by atoms with Crippen molar-refractivity contribution in [3.8, 4) is 11.4 Å². The number of hydrogen-bond donors (Lipinski definition) is 2. The molecule has 0 atom stereocenters. The van der Waals surface area contributed by atoms with Gasteiger partial charge in [-0.3, -0.25) is 9.59 Å². The maximum Gasteiger partial charge on any atom is 0.290 e. The molecule has 2 heterocycles. The normalized spacial score (nSPS) is 11.2. The summed E-state index contributed by atoms with van der Waals surface area (Å²) in [7, 11) is 0. The first-order valence-corrected chi connectivity index (χ1v) is 17.4. The molecule has 0 aliphatic heterocycles. The molecule has 246 valence electrons. The molecule has 0 unspecified atom stereocenters. The first-order chi connectivity index (χ1) is 22.2. The predicted molar refractivity (Wildman–Crippen MR) is 191 cm³/mol. The van der Waals surface area contributed by atoms with Crippen molar-refractivity contribution in [1.29, 1.82) is 0 Å². The largest absolute Gasteiger partial charge is 0.344 e. The second kappa shape index (κ2) is 17.6. The highest BCUT2D eigenvalue weighted by Crippen LogP contribution is 2.32. The molecule has 0 saturated heterocycles. The SMILES string of the molecule is CCCCCCCCCCCCCC(=O)Nc1ccc(Nc2nn(-c3c(Cl)cc(Cl)cc3Cl)c(=O)[c-]2-[n+]2cc(C)cc(C)c2)cc1. The lowest BCUT2D eigenvalue weighted by Crippen LogP contribution is -2.37. The summed E-state index contributed by atoms with van der Waals surface area (Å²) in [5.41, 5.74) is 3.49. The predicted octanol–water partition coefficient (Wildman–Crippen LogP) is 10.2. The molecule has 0 aliphatic carbocycles. The van der Waals surface area contributed by atoms with Crippen LogP contribution in [0.15, 0.2) is 59.7 Å². The van der Waals surface area contributed by atoms with Crippen molar-refractivity contribution in [3.63, 3.8) is 0 Å². The molecule has 2 aromatic heterocycles. The summed E-state index contributed by atoms with van der Waals surface area (Å²) in [6.07, 6.45) is 18.0. The summed E-state index contributed by atoms with van der Waals surface area (Å²) in [5.74, 6) is 0.326. The van der Waals surface area contributed by atoms with E-state index in [9.17, 15) is 9.59 Å². The zero-order chi connectivity index (χ0) is 33.1. The van der Waals surface area contributed by atoms with Crippen molar-refractivity contribution in [2.45, 2.75) is 97.8 Å². The van der Waals surface area contributed by atoms with Crippen molar-refractivity contribution in [3.05, 3.63) is 91.4 Å². The lowest BCUT2D eigenvalue weighted by Gasteiger charge is -2.10. The number of benzene rings is 2. The van der Waals surface area contributed by atoms with E-state index in [1.807, 2.05) is 56.6 Å². The maximum absolute atomic E-state index is 13.8. The van der Waals surface area contributed by atoms with Gasteiger partial charge in [0, 0.05) is 22.8 Å². The quantitative estimate of drug-likeness (QED) is 0.0659. The van der Waals surface area contributed by atoms with Crippen LogP contribution < -0.4 is 20.8 Å². The van der Waals surface area contributed by atoms with Crippen molar-refractivity contribution >= 4 is 57.9 Å². The van der Waals surface area contributed by atoms with Crippen LogP contribution in [0.1, 0.15) is 95.1 Å². The Hall–Kier alpha value is -3.26. The fourth-order valence-corrected chi connectivity index (χ4v) is 6.56. The highest BCUT2D eigenvalue weighted by Gasteiger charge is 2.23. The molecule has 0 radical (unpaired) electrons. The third-order valence-corrected chi connectivity index (χ3v) is 8.64. The Labute approximate surface area is 287 Å². The van der Waals surface area contributed by atoms with Crippen LogP contribution in [0.2, 0.25) is 15.1 Å². The van der Waals surface area contributed by atoms with E-state index in [0.29, 0.717) is 34.3 Å². The van der Waals surface area contributed by atoms with Gasteiger partial charge >= 0.3 is 0 Å². The summed E-state index contributed by atoms with van der Waals surface area (Å²) < 4.78 is 2.94. The number of amides is 1. The number of carbonyl (C=O) groups is 1. The van der Waals surface area contributed by atoms with Crippen LogP contribution in [-0.4, -0.2) is 15.7 Å².